The summed E-state index contributed by atoms with van der Waals surface area (Å²) >= 11 is 0. The van der Waals surface area contributed by atoms with Crippen molar-refractivity contribution in [1.82, 2.24) is 14.8 Å². The largest absolute Gasteiger partial charge is 0.492 e. The normalized spacial score (nSPS) is 17.3. The van der Waals surface area contributed by atoms with Gasteiger partial charge in [0.05, 0.1) is 30.0 Å². The van der Waals surface area contributed by atoms with Gasteiger partial charge in [-0.2, -0.15) is 10.2 Å². The molecule has 29 heavy (non-hydrogen) atoms. The van der Waals surface area contributed by atoms with Gasteiger partial charge in [-0.1, -0.05) is 12.2 Å². The predicted octanol–water partition coefficient (Wildman–Crippen LogP) is 3.14. The molecule has 148 valence electrons. The van der Waals surface area contributed by atoms with Crippen LogP contribution in [0.2, 0.25) is 0 Å². The van der Waals surface area contributed by atoms with Gasteiger partial charge in [0.2, 0.25) is 0 Å². The Kier molecular flexibility index (Phi) is 4.51. The van der Waals surface area contributed by atoms with Gasteiger partial charge in [0.25, 0.3) is 0 Å². The minimum absolute atomic E-state index is 0.413. The van der Waals surface area contributed by atoms with E-state index in [0.29, 0.717) is 32.0 Å². The molecule has 0 atom stereocenters. The Morgan fingerprint density at radius 3 is 2.97 bits per heavy atom. The minimum Gasteiger partial charge on any atom is -0.492 e. The molecule has 0 radical (unpaired) electrons. The summed E-state index contributed by atoms with van der Waals surface area (Å²) in [5.41, 5.74) is 3.61. The van der Waals surface area contributed by atoms with E-state index in [1.54, 1.807) is 17.1 Å². The Morgan fingerprint density at radius 2 is 2.07 bits per heavy atom. The van der Waals surface area contributed by atoms with Crippen LogP contribution in [0.15, 0.2) is 47.8 Å². The highest BCUT2D eigenvalue weighted by Gasteiger charge is 2.20. The van der Waals surface area contributed by atoms with Gasteiger partial charge in [-0.3, -0.25) is 9.67 Å². The van der Waals surface area contributed by atoms with Crippen molar-refractivity contribution in [1.29, 1.82) is 0 Å². The van der Waals surface area contributed by atoms with E-state index in [-0.39, 0.29) is 0 Å². The first-order chi connectivity index (χ1) is 14.3. The molecule has 5 rings (SSSR count). The SMILES string of the molecule is Cn1cc(N2C=CCC(COC3=Cc4c(ncc5c4OCCO5)C=CC3)=N2)cn1. The van der Waals surface area contributed by atoms with E-state index in [4.69, 9.17) is 14.2 Å². The maximum absolute atomic E-state index is 6.11. The third kappa shape index (κ3) is 3.61. The van der Waals surface area contributed by atoms with E-state index in [9.17, 15) is 0 Å². The summed E-state index contributed by atoms with van der Waals surface area (Å²) < 4.78 is 19.4. The zero-order chi connectivity index (χ0) is 19.6. The summed E-state index contributed by atoms with van der Waals surface area (Å²) in [6.07, 6.45) is 16.9. The van der Waals surface area contributed by atoms with Crippen molar-refractivity contribution in [2.24, 2.45) is 12.1 Å². The third-order valence-electron chi connectivity index (χ3n) is 4.78. The van der Waals surface area contributed by atoms with E-state index in [1.165, 1.54) is 0 Å². The fourth-order valence-electron chi connectivity index (χ4n) is 3.38. The van der Waals surface area contributed by atoms with Gasteiger partial charge in [-0.15, -0.1) is 0 Å². The molecule has 0 aromatic carbocycles. The Bertz CT molecular complexity index is 1050. The van der Waals surface area contributed by atoms with Crippen molar-refractivity contribution >= 4 is 23.6 Å². The van der Waals surface area contributed by atoms with Crippen LogP contribution >= 0.6 is 0 Å². The second-order valence-corrected chi connectivity index (χ2v) is 6.93. The fourth-order valence-corrected chi connectivity index (χ4v) is 3.38. The molecule has 2 aromatic rings. The second-order valence-electron chi connectivity index (χ2n) is 6.93. The molecule has 3 aliphatic rings. The molecule has 8 heteroatoms. The molecule has 1 aliphatic carbocycles. The van der Waals surface area contributed by atoms with Gasteiger partial charge in [0.1, 0.15) is 31.3 Å². The van der Waals surface area contributed by atoms with Gasteiger partial charge in [-0.05, 0) is 12.2 Å². The van der Waals surface area contributed by atoms with E-state index in [2.05, 4.69) is 21.3 Å². The smallest absolute Gasteiger partial charge is 0.180 e. The Labute approximate surface area is 168 Å². The number of hydrogen-bond donors (Lipinski definition) is 0. The van der Waals surface area contributed by atoms with Crippen molar-refractivity contribution in [3.8, 4) is 11.5 Å². The van der Waals surface area contributed by atoms with Crippen LogP contribution in [0.1, 0.15) is 24.1 Å². The Balaban J connectivity index is 1.34. The molecule has 0 N–H and O–H groups in total. The Hall–Kier alpha value is -3.55. The molecule has 0 unspecified atom stereocenters. The first-order valence-electron chi connectivity index (χ1n) is 9.56. The highest BCUT2D eigenvalue weighted by molar-refractivity contribution is 5.89. The standard InChI is InChI=1S/C21H21N5O3/c1-25-13-16(11-23-25)26-7-3-4-15(24-26)14-29-17-5-2-6-19-18(10-17)21-20(12-22-19)27-8-9-28-21/h2-3,6-7,10-13H,4-5,8-9,14H2,1H3. The maximum Gasteiger partial charge on any atom is 0.180 e. The number of pyridine rings is 1. The van der Waals surface area contributed by atoms with Gasteiger partial charge in [-0.25, -0.2) is 5.01 Å². The number of ether oxygens (including phenoxy) is 3. The van der Waals surface area contributed by atoms with Crippen LogP contribution in [0.4, 0.5) is 5.69 Å². The maximum atomic E-state index is 6.11. The molecule has 0 spiro atoms. The van der Waals surface area contributed by atoms with E-state index in [1.807, 2.05) is 42.7 Å². The van der Waals surface area contributed by atoms with Crippen molar-refractivity contribution in [3.63, 3.8) is 0 Å². The number of aromatic nitrogens is 3. The summed E-state index contributed by atoms with van der Waals surface area (Å²) in [7, 11) is 1.89. The van der Waals surface area contributed by atoms with Crippen LogP contribution in [-0.4, -0.2) is 40.3 Å². The topological polar surface area (TPSA) is 74.0 Å². The van der Waals surface area contributed by atoms with Crippen molar-refractivity contribution in [2.45, 2.75) is 12.8 Å². The van der Waals surface area contributed by atoms with Crippen LogP contribution in [0.5, 0.6) is 11.5 Å². The molecular weight excluding hydrogens is 370 g/mol. The molecule has 4 heterocycles. The monoisotopic (exact) mass is 391 g/mol. The van der Waals surface area contributed by atoms with Crippen molar-refractivity contribution < 1.29 is 14.2 Å². The van der Waals surface area contributed by atoms with E-state index in [0.717, 1.165) is 40.6 Å². The molecule has 0 amide bonds. The number of aryl methyl sites for hydroxylation is 1. The molecule has 2 aromatic heterocycles. The average Bonchev–Trinajstić information content (AvgIpc) is 3.08. The lowest BCUT2D eigenvalue weighted by Gasteiger charge is -2.21. The number of anilines is 1. The molecule has 0 saturated carbocycles. The van der Waals surface area contributed by atoms with Crippen molar-refractivity contribution in [3.05, 3.63) is 54.0 Å². The number of nitrogens with zero attached hydrogens (tertiary/aromatic N) is 5. The first-order valence-corrected chi connectivity index (χ1v) is 9.56. The highest BCUT2D eigenvalue weighted by Crippen LogP contribution is 2.38. The van der Waals surface area contributed by atoms with Gasteiger partial charge >= 0.3 is 0 Å². The quantitative estimate of drug-likeness (QED) is 0.797. The molecule has 8 nitrogen and oxygen atoms in total. The first kappa shape index (κ1) is 17.5. The number of fused-ring (bicyclic) bond motifs is 3. The van der Waals surface area contributed by atoms with E-state index >= 15 is 0 Å². The van der Waals surface area contributed by atoms with Gasteiger partial charge < -0.3 is 14.2 Å². The second kappa shape index (κ2) is 7.46. The summed E-state index contributed by atoms with van der Waals surface area (Å²) in [4.78, 5) is 4.48. The summed E-state index contributed by atoms with van der Waals surface area (Å²) in [6.45, 7) is 1.48. The predicted molar refractivity (Wildman–Crippen MR) is 110 cm³/mol. The number of rotatable bonds is 4. The van der Waals surface area contributed by atoms with Crippen LogP contribution in [0.25, 0.3) is 12.2 Å². The van der Waals surface area contributed by atoms with Crippen molar-refractivity contribution in [2.75, 3.05) is 24.8 Å². The fraction of sp³-hybridized carbons (Fsp3) is 0.286. The lowest BCUT2D eigenvalue weighted by Crippen LogP contribution is -2.19. The van der Waals surface area contributed by atoms with Crippen LogP contribution in [-0.2, 0) is 11.8 Å². The average molecular weight is 391 g/mol. The molecule has 2 aliphatic heterocycles. The lowest BCUT2D eigenvalue weighted by molar-refractivity contribution is 0.170. The molecule has 0 bridgehead atoms. The zero-order valence-corrected chi connectivity index (χ0v) is 16.1. The minimum atomic E-state index is 0.413. The van der Waals surface area contributed by atoms with Crippen LogP contribution in [0, 0.1) is 0 Å². The zero-order valence-electron chi connectivity index (χ0n) is 16.1. The molecular formula is C21H21N5O3. The Morgan fingerprint density at radius 1 is 1.14 bits per heavy atom. The lowest BCUT2D eigenvalue weighted by atomic mass is 10.1. The van der Waals surface area contributed by atoms with Gasteiger partial charge in [0.15, 0.2) is 11.5 Å². The van der Waals surface area contributed by atoms with Crippen LogP contribution < -0.4 is 14.5 Å². The van der Waals surface area contributed by atoms with E-state index < -0.39 is 0 Å². The van der Waals surface area contributed by atoms with Crippen LogP contribution in [0.3, 0.4) is 0 Å². The number of hydrazone groups is 1. The molecule has 0 fully saturated rings. The highest BCUT2D eigenvalue weighted by atomic mass is 16.6. The summed E-state index contributed by atoms with van der Waals surface area (Å²) in [5, 5.41) is 10.7. The summed E-state index contributed by atoms with van der Waals surface area (Å²) in [5.74, 6) is 2.25. The molecule has 0 saturated heterocycles. The van der Waals surface area contributed by atoms with Gasteiger partial charge in [0, 0.05) is 31.7 Å². The number of allylic oxidation sites excluding steroid dienone is 2. The summed E-state index contributed by atoms with van der Waals surface area (Å²) in [6, 6.07) is 0. The number of hydrogen-bond acceptors (Lipinski definition) is 7. The third-order valence-corrected chi connectivity index (χ3v) is 4.78.